The summed E-state index contributed by atoms with van der Waals surface area (Å²) in [5.41, 5.74) is 0.170. The molecule has 0 amide bonds. The van der Waals surface area contributed by atoms with Crippen LogP contribution in [-0.4, -0.2) is 19.9 Å². The Balaban J connectivity index is 1.42. The van der Waals surface area contributed by atoms with Crippen LogP contribution in [0.1, 0.15) is 0 Å². The molecule has 2 aliphatic rings. The van der Waals surface area contributed by atoms with Crippen LogP contribution in [-0.2, 0) is 0 Å². The third-order valence-electron chi connectivity index (χ3n) is 12.6. The van der Waals surface area contributed by atoms with E-state index >= 15 is 19.2 Å². The van der Waals surface area contributed by atoms with E-state index in [9.17, 15) is 0 Å². The Bertz CT molecular complexity index is 3870. The lowest BCUT2D eigenvalue weighted by molar-refractivity contribution is 1.32. The zero-order valence-electron chi connectivity index (χ0n) is 34.0. The van der Waals surface area contributed by atoms with Gasteiger partial charge in [-0.15, -0.1) is 0 Å². The van der Waals surface area contributed by atoms with E-state index in [4.69, 9.17) is 0 Å². The fraction of sp³-hybridized carbons (Fsp3) is 0. The van der Waals surface area contributed by atoms with Crippen LogP contribution in [0.3, 0.4) is 0 Å². The summed E-state index contributed by atoms with van der Waals surface area (Å²) in [5.74, 6) is 0. The number of hydrogen-bond donors (Lipinski definition) is 4. The number of aromatic amines is 4. The highest BCUT2D eigenvalue weighted by atomic mass is 16.1. The smallest absolute Gasteiger partial charge is 0.256 e. The second-order valence-corrected chi connectivity index (χ2v) is 16.1. The van der Waals surface area contributed by atoms with Crippen LogP contribution in [0.4, 0.5) is 0 Å². The molecule has 0 saturated heterocycles. The van der Waals surface area contributed by atoms with E-state index in [2.05, 4.69) is 19.9 Å². The van der Waals surface area contributed by atoms with Gasteiger partial charge in [0.1, 0.15) is 0 Å². The van der Waals surface area contributed by atoms with Crippen molar-refractivity contribution in [2.75, 3.05) is 0 Å². The number of benzene rings is 10. The molecule has 0 fully saturated rings. The molecule has 4 N–H and O–H groups in total. The molecular weight excluding hydrogens is 793 g/mol. The average molecular weight is 827 g/mol. The maximum atomic E-state index is 15.2. The zero-order chi connectivity index (χ0) is 43.1. The van der Waals surface area contributed by atoms with Gasteiger partial charge in [0.25, 0.3) is 22.2 Å². The molecule has 2 heterocycles. The van der Waals surface area contributed by atoms with Gasteiger partial charge in [-0.1, -0.05) is 133 Å². The third-order valence-corrected chi connectivity index (χ3v) is 12.6. The van der Waals surface area contributed by atoms with Crippen molar-refractivity contribution in [1.29, 1.82) is 0 Å². The van der Waals surface area contributed by atoms with Crippen LogP contribution < -0.4 is 22.2 Å². The van der Waals surface area contributed by atoms with Crippen molar-refractivity contribution in [3.05, 3.63) is 223 Å². The first kappa shape index (κ1) is 36.9. The summed E-state index contributed by atoms with van der Waals surface area (Å²) in [6, 6.07) is 56.8. The Kier molecular flexibility index (Phi) is 8.29. The zero-order valence-corrected chi connectivity index (χ0v) is 34.0. The van der Waals surface area contributed by atoms with Gasteiger partial charge in [-0.2, -0.15) is 0 Å². The summed E-state index contributed by atoms with van der Waals surface area (Å²) < 4.78 is 0. The van der Waals surface area contributed by atoms with E-state index in [0.717, 1.165) is 64.6 Å². The molecule has 8 heteroatoms. The molecule has 0 saturated carbocycles. The first-order chi connectivity index (χ1) is 31.4. The van der Waals surface area contributed by atoms with E-state index in [1.165, 1.54) is 0 Å². The van der Waals surface area contributed by atoms with Gasteiger partial charge in [0.15, 0.2) is 0 Å². The van der Waals surface area contributed by atoms with Gasteiger partial charge in [-0.3, -0.25) is 19.2 Å². The molecule has 12 rings (SSSR count). The summed E-state index contributed by atoms with van der Waals surface area (Å²) >= 11 is 0. The van der Waals surface area contributed by atoms with Gasteiger partial charge in [0.2, 0.25) is 0 Å². The van der Waals surface area contributed by atoms with E-state index in [1.807, 2.05) is 146 Å². The lowest BCUT2D eigenvalue weighted by Crippen LogP contribution is -2.13. The number of rotatable bonds is 0. The minimum atomic E-state index is -0.527. The van der Waals surface area contributed by atoms with Crippen LogP contribution in [0.15, 0.2) is 201 Å². The molecule has 0 atom stereocenters. The number of aromatic nitrogens is 4. The number of nitrogens with one attached hydrogen (secondary N) is 4. The topological polar surface area (TPSA) is 131 Å². The van der Waals surface area contributed by atoms with Gasteiger partial charge >= 0.3 is 0 Å². The van der Waals surface area contributed by atoms with Gasteiger partial charge in [0, 0.05) is 76.3 Å². The molecule has 8 nitrogen and oxygen atoms in total. The van der Waals surface area contributed by atoms with E-state index in [0.29, 0.717) is 22.1 Å². The second kappa shape index (κ2) is 14.4. The average Bonchev–Trinajstić information content (AvgIpc) is 3.33. The molecule has 0 radical (unpaired) electrons. The second-order valence-electron chi connectivity index (χ2n) is 16.1. The highest BCUT2D eigenvalue weighted by Crippen LogP contribution is 2.37. The molecule has 0 spiro atoms. The van der Waals surface area contributed by atoms with Crippen molar-refractivity contribution in [3.8, 4) is 11.1 Å². The third kappa shape index (κ3) is 5.70. The predicted molar refractivity (Wildman–Crippen MR) is 265 cm³/mol. The van der Waals surface area contributed by atoms with Crippen molar-refractivity contribution >= 4 is 108 Å². The lowest BCUT2D eigenvalue weighted by atomic mass is 9.93. The van der Waals surface area contributed by atoms with Crippen LogP contribution in [0.25, 0.3) is 119 Å². The van der Waals surface area contributed by atoms with Gasteiger partial charge < -0.3 is 19.9 Å². The van der Waals surface area contributed by atoms with Gasteiger partial charge in [0.05, 0.1) is 0 Å². The molecule has 302 valence electrons. The van der Waals surface area contributed by atoms with Gasteiger partial charge in [-0.05, 0) is 91.6 Å². The molecule has 64 heavy (non-hydrogen) atoms. The molecule has 0 aliphatic carbocycles. The summed E-state index contributed by atoms with van der Waals surface area (Å²) in [4.78, 5) is 73.9. The largest absolute Gasteiger partial charge is 0.321 e. The number of fused-ring (bicyclic) bond motifs is 14. The van der Waals surface area contributed by atoms with E-state index in [1.54, 1.807) is 36.4 Å². The summed E-state index contributed by atoms with van der Waals surface area (Å²) in [7, 11) is 0. The van der Waals surface area contributed by atoms with Crippen molar-refractivity contribution in [1.82, 2.24) is 19.9 Å². The standard InChI is InChI=1S/C56H34N4O4/c61-53-39-19-9-21-41-47(39)48-40(54(62)58-44-28-24-32-12-2-6-16-36(32)50(44)49-35-15-5-1-11-31(35)23-27-43(49)57-53)20-10-22-42(48)56(64)60-46-30-26-34-14-4-8-18-38(34)52(46)51-37-17-7-3-13-33(37)25-29-45(51)59-55(41)63/h1-30H,(H,57,61)(H,58,62)(H,59,63)(H,60,64). The Hall–Kier alpha value is -8.88. The normalized spacial score (nSPS) is 11.7. The highest BCUT2D eigenvalue weighted by Gasteiger charge is 2.19. The summed E-state index contributed by atoms with van der Waals surface area (Å²) in [6.45, 7) is 0. The first-order valence-corrected chi connectivity index (χ1v) is 21.0. The van der Waals surface area contributed by atoms with Crippen molar-refractivity contribution in [2.24, 2.45) is 0 Å². The molecule has 0 unspecified atom stereocenters. The van der Waals surface area contributed by atoms with E-state index in [-0.39, 0.29) is 32.7 Å². The van der Waals surface area contributed by atoms with Crippen LogP contribution in [0.5, 0.6) is 0 Å². The summed E-state index contributed by atoms with van der Waals surface area (Å²) in [6.07, 6.45) is 0. The first-order valence-electron chi connectivity index (χ1n) is 21.0. The Morgan fingerprint density at radius 1 is 0.219 bits per heavy atom. The fourth-order valence-electron chi connectivity index (χ4n) is 9.74. The highest BCUT2D eigenvalue weighted by molar-refractivity contribution is 6.26. The van der Waals surface area contributed by atoms with Crippen molar-refractivity contribution in [3.63, 3.8) is 0 Å². The monoisotopic (exact) mass is 826 g/mol. The maximum Gasteiger partial charge on any atom is 0.256 e. The van der Waals surface area contributed by atoms with Crippen LogP contribution in [0.2, 0.25) is 0 Å². The Morgan fingerprint density at radius 2 is 0.438 bits per heavy atom. The minimum absolute atomic E-state index is 0.0990. The molecule has 2 aliphatic heterocycles. The predicted octanol–water partition coefficient (Wildman–Crippen LogP) is 11.9. The molecular formula is C56H34N4O4. The number of hydrogen-bond acceptors (Lipinski definition) is 4. The molecule has 10 aromatic carbocycles. The lowest BCUT2D eigenvalue weighted by Gasteiger charge is -2.11. The maximum absolute atomic E-state index is 15.2. The minimum Gasteiger partial charge on any atom is -0.321 e. The number of H-pyrrole nitrogens is 4. The Labute approximate surface area is 361 Å². The van der Waals surface area contributed by atoms with E-state index < -0.39 is 22.2 Å². The fourth-order valence-corrected chi connectivity index (χ4v) is 9.74. The van der Waals surface area contributed by atoms with Crippen molar-refractivity contribution < 1.29 is 0 Å². The quantitative estimate of drug-likeness (QED) is 0.121. The molecule has 0 bridgehead atoms. The van der Waals surface area contributed by atoms with Crippen molar-refractivity contribution in [2.45, 2.75) is 0 Å². The van der Waals surface area contributed by atoms with Crippen LogP contribution in [0, 0.1) is 0 Å². The SMILES string of the molecule is O=c1[nH]c2ccc3ccccc3c2c2c(ccc3ccccc32)[nH]c(=O)c2cccc3c2-c2c1cccc2c(=O)[nH]c1ccc2ccccc2c1c1c(ccc2ccccc21)[nH]c3=O. The molecule has 0 aromatic heterocycles. The molecule has 10 aromatic rings. The Morgan fingerprint density at radius 3 is 0.688 bits per heavy atom. The summed E-state index contributed by atoms with van der Waals surface area (Å²) in [5, 5.41) is 10.5. The van der Waals surface area contributed by atoms with Crippen LogP contribution >= 0.6 is 0 Å². The van der Waals surface area contributed by atoms with Gasteiger partial charge in [-0.25, -0.2) is 0 Å².